The molecule has 1 aromatic rings. The fourth-order valence-electron chi connectivity index (χ4n) is 3.15. The first-order chi connectivity index (χ1) is 11.5. The van der Waals surface area contributed by atoms with Gasteiger partial charge in [-0.2, -0.15) is 0 Å². The zero-order chi connectivity index (χ0) is 17.2. The first-order valence-corrected chi connectivity index (χ1v) is 10.4. The number of rotatable bonds is 4. The third-order valence-corrected chi connectivity index (χ3v) is 7.31. The van der Waals surface area contributed by atoms with Gasteiger partial charge < -0.3 is 10.2 Å². The molecule has 5 nitrogen and oxygen atoms in total. The molecule has 2 unspecified atom stereocenters. The number of carbonyl (C=O) groups excluding carboxylic acids is 2. The lowest BCUT2D eigenvalue weighted by Gasteiger charge is -2.39. The molecule has 2 aliphatic heterocycles. The first-order valence-electron chi connectivity index (χ1n) is 8.58. The highest BCUT2D eigenvalue weighted by atomic mass is 32.2. The summed E-state index contributed by atoms with van der Waals surface area (Å²) in [6, 6.07) is 3.89. The van der Waals surface area contributed by atoms with Crippen LogP contribution in [0, 0.1) is 0 Å². The molecule has 0 aliphatic carbocycles. The van der Waals surface area contributed by atoms with E-state index in [0.29, 0.717) is 0 Å². The molecule has 24 heavy (non-hydrogen) atoms. The minimum atomic E-state index is -0.122. The van der Waals surface area contributed by atoms with Crippen LogP contribution in [-0.2, 0) is 4.79 Å². The van der Waals surface area contributed by atoms with Crippen molar-refractivity contribution in [1.29, 1.82) is 0 Å². The maximum Gasteiger partial charge on any atom is 0.263 e. The van der Waals surface area contributed by atoms with Crippen molar-refractivity contribution in [1.82, 2.24) is 15.5 Å². The van der Waals surface area contributed by atoms with E-state index < -0.39 is 0 Å². The van der Waals surface area contributed by atoms with Crippen molar-refractivity contribution in [3.05, 3.63) is 22.4 Å². The summed E-state index contributed by atoms with van der Waals surface area (Å²) >= 11 is 3.34. The van der Waals surface area contributed by atoms with Gasteiger partial charge in [0, 0.05) is 24.9 Å². The van der Waals surface area contributed by atoms with Gasteiger partial charge in [0.05, 0.1) is 15.8 Å². The highest BCUT2D eigenvalue weighted by Gasteiger charge is 2.44. The van der Waals surface area contributed by atoms with Crippen molar-refractivity contribution in [3.8, 4) is 0 Å². The van der Waals surface area contributed by atoms with Crippen LogP contribution in [0.3, 0.4) is 0 Å². The molecule has 2 saturated heterocycles. The number of carbonyl (C=O) groups is 2. The Morgan fingerprint density at radius 2 is 2.21 bits per heavy atom. The molecule has 0 aromatic carbocycles. The number of thiophene rings is 1. The van der Waals surface area contributed by atoms with Gasteiger partial charge in [0.15, 0.2) is 0 Å². The number of piperidine rings is 1. The summed E-state index contributed by atoms with van der Waals surface area (Å²) in [4.78, 5) is 27.4. The van der Waals surface area contributed by atoms with E-state index in [0.717, 1.165) is 43.0 Å². The normalized spacial score (nSPS) is 24.1. The predicted octanol–water partition coefficient (Wildman–Crippen LogP) is 2.30. The maximum atomic E-state index is 12.4. The molecular weight excluding hydrogens is 342 g/mol. The third kappa shape index (κ3) is 3.78. The molecule has 2 atom stereocenters. The number of thioether (sulfide) groups is 1. The van der Waals surface area contributed by atoms with Gasteiger partial charge in [-0.25, -0.2) is 0 Å². The Morgan fingerprint density at radius 3 is 2.83 bits per heavy atom. The zero-order valence-electron chi connectivity index (χ0n) is 14.2. The van der Waals surface area contributed by atoms with Crippen LogP contribution in [0.1, 0.15) is 42.8 Å². The highest BCUT2D eigenvalue weighted by Crippen LogP contribution is 2.39. The summed E-state index contributed by atoms with van der Waals surface area (Å²) in [5.41, 5.74) is 0. The molecule has 2 aliphatic rings. The fraction of sp³-hybridized carbons (Fsp3) is 0.647. The molecule has 3 rings (SSSR count). The summed E-state index contributed by atoms with van der Waals surface area (Å²) in [6.07, 6.45) is 2.72. The summed E-state index contributed by atoms with van der Waals surface area (Å²) in [5.74, 6) is 1.04. The van der Waals surface area contributed by atoms with Gasteiger partial charge in [0.2, 0.25) is 5.91 Å². The van der Waals surface area contributed by atoms with Gasteiger partial charge in [-0.15, -0.1) is 23.1 Å². The number of nitrogens with zero attached hydrogens (tertiary/aromatic N) is 1. The first kappa shape index (κ1) is 17.8. The van der Waals surface area contributed by atoms with Gasteiger partial charge in [0.1, 0.15) is 0 Å². The second-order valence-corrected chi connectivity index (χ2v) is 8.94. The average molecular weight is 368 g/mol. The predicted molar refractivity (Wildman–Crippen MR) is 99.5 cm³/mol. The average Bonchev–Trinajstić information content (AvgIpc) is 3.25. The molecule has 2 fully saturated rings. The Hall–Kier alpha value is -1.05. The van der Waals surface area contributed by atoms with Crippen LogP contribution in [0.5, 0.6) is 0 Å². The Bertz CT molecular complexity index is 583. The van der Waals surface area contributed by atoms with E-state index in [1.54, 1.807) is 0 Å². The quantitative estimate of drug-likeness (QED) is 0.857. The van der Waals surface area contributed by atoms with Crippen molar-refractivity contribution >= 4 is 34.9 Å². The molecule has 2 amide bonds. The monoisotopic (exact) mass is 367 g/mol. The lowest BCUT2D eigenvalue weighted by molar-refractivity contribution is -0.123. The van der Waals surface area contributed by atoms with Crippen molar-refractivity contribution < 1.29 is 9.59 Å². The Labute approximate surface area is 151 Å². The highest BCUT2D eigenvalue weighted by molar-refractivity contribution is 8.01. The Balaban J connectivity index is 1.53. The van der Waals surface area contributed by atoms with Crippen molar-refractivity contribution in [2.45, 2.75) is 50.1 Å². The SMILES string of the molecule is CCC(C)NC(=O)C1CSC2(CCN(C(=O)c3cccs3)CC2)N1. The summed E-state index contributed by atoms with van der Waals surface area (Å²) in [6.45, 7) is 5.60. The summed E-state index contributed by atoms with van der Waals surface area (Å²) in [5, 5.41) is 8.54. The standard InChI is InChI=1S/C17H25N3O2S2/c1-3-12(2)18-15(21)13-11-24-17(19-13)6-8-20(9-7-17)16(22)14-5-4-10-23-14/h4-5,10,12-13,19H,3,6-9,11H2,1-2H3,(H,18,21). The lowest BCUT2D eigenvalue weighted by atomic mass is 10.0. The molecule has 1 spiro atoms. The van der Waals surface area contributed by atoms with Gasteiger partial charge in [-0.05, 0) is 37.6 Å². The minimum Gasteiger partial charge on any atom is -0.352 e. The minimum absolute atomic E-state index is 0.0519. The number of hydrogen-bond donors (Lipinski definition) is 2. The Morgan fingerprint density at radius 1 is 1.46 bits per heavy atom. The van der Waals surface area contributed by atoms with Crippen LogP contribution in [0.25, 0.3) is 0 Å². The van der Waals surface area contributed by atoms with E-state index >= 15 is 0 Å². The van der Waals surface area contributed by atoms with E-state index in [1.165, 1.54) is 11.3 Å². The number of likely N-dealkylation sites (tertiary alicyclic amines) is 1. The van der Waals surface area contributed by atoms with Gasteiger partial charge in [-0.3, -0.25) is 14.9 Å². The van der Waals surface area contributed by atoms with E-state index in [1.807, 2.05) is 41.1 Å². The van der Waals surface area contributed by atoms with E-state index in [2.05, 4.69) is 17.6 Å². The fourth-order valence-corrected chi connectivity index (χ4v) is 5.25. The smallest absolute Gasteiger partial charge is 0.263 e. The topological polar surface area (TPSA) is 61.4 Å². The molecule has 0 radical (unpaired) electrons. The molecule has 2 N–H and O–H groups in total. The van der Waals surface area contributed by atoms with Crippen LogP contribution >= 0.6 is 23.1 Å². The number of hydrogen-bond acceptors (Lipinski definition) is 5. The molecule has 7 heteroatoms. The van der Waals surface area contributed by atoms with E-state index in [4.69, 9.17) is 0 Å². The zero-order valence-corrected chi connectivity index (χ0v) is 15.8. The molecule has 1 aromatic heterocycles. The molecule has 0 bridgehead atoms. The molecule has 3 heterocycles. The molecule has 0 saturated carbocycles. The van der Waals surface area contributed by atoms with Crippen LogP contribution in [0.2, 0.25) is 0 Å². The largest absolute Gasteiger partial charge is 0.352 e. The molecular formula is C17H25N3O2S2. The Kier molecular flexibility index (Phi) is 5.52. The second-order valence-electron chi connectivity index (χ2n) is 6.59. The second kappa shape index (κ2) is 7.45. The summed E-state index contributed by atoms with van der Waals surface area (Å²) in [7, 11) is 0. The van der Waals surface area contributed by atoms with Crippen LogP contribution in [0.4, 0.5) is 0 Å². The van der Waals surface area contributed by atoms with Crippen molar-refractivity contribution in [3.63, 3.8) is 0 Å². The van der Waals surface area contributed by atoms with E-state index in [9.17, 15) is 9.59 Å². The lowest BCUT2D eigenvalue weighted by Crippen LogP contribution is -2.55. The van der Waals surface area contributed by atoms with Crippen LogP contribution in [0.15, 0.2) is 17.5 Å². The van der Waals surface area contributed by atoms with Gasteiger partial charge in [-0.1, -0.05) is 13.0 Å². The third-order valence-electron chi connectivity index (χ3n) is 4.87. The summed E-state index contributed by atoms with van der Waals surface area (Å²) < 4.78 is 0. The van der Waals surface area contributed by atoms with Crippen LogP contribution < -0.4 is 10.6 Å². The maximum absolute atomic E-state index is 12.4. The number of nitrogens with one attached hydrogen (secondary N) is 2. The van der Waals surface area contributed by atoms with Gasteiger partial charge >= 0.3 is 0 Å². The van der Waals surface area contributed by atoms with Crippen LogP contribution in [-0.4, -0.2) is 52.5 Å². The van der Waals surface area contributed by atoms with E-state index in [-0.39, 0.29) is 28.8 Å². The molecule has 132 valence electrons. The van der Waals surface area contributed by atoms with Crippen molar-refractivity contribution in [2.24, 2.45) is 0 Å². The van der Waals surface area contributed by atoms with Gasteiger partial charge in [0.25, 0.3) is 5.91 Å². The van der Waals surface area contributed by atoms with Crippen molar-refractivity contribution in [2.75, 3.05) is 18.8 Å². The number of amides is 2.